The predicted molar refractivity (Wildman–Crippen MR) is 92.8 cm³/mol. The van der Waals surface area contributed by atoms with E-state index in [9.17, 15) is 0 Å². The van der Waals surface area contributed by atoms with Crippen molar-refractivity contribution in [2.45, 2.75) is 51.2 Å². The van der Waals surface area contributed by atoms with Crippen LogP contribution < -0.4 is 0 Å². The third-order valence-electron chi connectivity index (χ3n) is 4.83. The highest BCUT2D eigenvalue weighted by Gasteiger charge is 2.44. The second-order valence-electron chi connectivity index (χ2n) is 6.54. The van der Waals surface area contributed by atoms with Gasteiger partial charge < -0.3 is 9.47 Å². The van der Waals surface area contributed by atoms with Crippen LogP contribution in [0, 0.1) is 6.92 Å². The molecular formula is C18H23N3O2S. The molecule has 2 aromatic heterocycles. The van der Waals surface area contributed by atoms with Crippen molar-refractivity contribution >= 4 is 11.3 Å². The van der Waals surface area contributed by atoms with E-state index in [0.29, 0.717) is 12.6 Å². The van der Waals surface area contributed by atoms with Gasteiger partial charge in [-0.2, -0.15) is 0 Å². The lowest BCUT2D eigenvalue weighted by atomic mass is 10.0. The number of fused-ring (bicyclic) bond motifs is 1. The first-order valence-electron chi connectivity index (χ1n) is 8.57. The lowest BCUT2D eigenvalue weighted by molar-refractivity contribution is -0.0823. The highest BCUT2D eigenvalue weighted by molar-refractivity contribution is 7.09. The number of likely N-dealkylation sites (tertiary alicyclic amines) is 1. The number of aromatic nitrogens is 2. The fourth-order valence-electron chi connectivity index (χ4n) is 3.72. The van der Waals surface area contributed by atoms with Crippen molar-refractivity contribution < 1.29 is 9.47 Å². The van der Waals surface area contributed by atoms with Crippen LogP contribution in [-0.2, 0) is 22.6 Å². The molecule has 0 aromatic carbocycles. The first-order chi connectivity index (χ1) is 11.8. The van der Waals surface area contributed by atoms with E-state index >= 15 is 0 Å². The molecule has 0 bridgehead atoms. The van der Waals surface area contributed by atoms with Crippen LogP contribution in [0.4, 0.5) is 0 Å². The third kappa shape index (κ3) is 3.52. The molecule has 0 unspecified atom stereocenters. The van der Waals surface area contributed by atoms with Gasteiger partial charge in [0.15, 0.2) is 0 Å². The number of hydrogen-bond donors (Lipinski definition) is 0. The van der Waals surface area contributed by atoms with Crippen molar-refractivity contribution in [3.8, 4) is 0 Å². The molecule has 24 heavy (non-hydrogen) atoms. The summed E-state index contributed by atoms with van der Waals surface area (Å²) >= 11 is 1.67. The minimum Gasteiger partial charge on any atom is -0.374 e. The molecule has 128 valence electrons. The minimum absolute atomic E-state index is 0.124. The average Bonchev–Trinajstić information content (AvgIpc) is 3.18. The summed E-state index contributed by atoms with van der Waals surface area (Å²) in [5.41, 5.74) is 2.32. The van der Waals surface area contributed by atoms with Crippen molar-refractivity contribution in [1.82, 2.24) is 14.9 Å². The lowest BCUT2D eigenvalue weighted by Gasteiger charge is -2.32. The molecule has 2 aliphatic rings. The van der Waals surface area contributed by atoms with Crippen LogP contribution in [0.25, 0.3) is 0 Å². The summed E-state index contributed by atoms with van der Waals surface area (Å²) in [7, 11) is 0. The van der Waals surface area contributed by atoms with Crippen LogP contribution in [-0.4, -0.2) is 46.3 Å². The summed E-state index contributed by atoms with van der Waals surface area (Å²) in [6.45, 7) is 5.30. The molecule has 4 rings (SSSR count). The molecule has 0 aliphatic carbocycles. The van der Waals surface area contributed by atoms with Crippen LogP contribution >= 0.6 is 11.3 Å². The van der Waals surface area contributed by atoms with E-state index in [1.165, 1.54) is 12.0 Å². The smallest absolute Gasteiger partial charge is 0.100 e. The van der Waals surface area contributed by atoms with E-state index in [-0.39, 0.29) is 12.2 Å². The maximum Gasteiger partial charge on any atom is 0.100 e. The monoisotopic (exact) mass is 345 g/mol. The molecule has 2 fully saturated rings. The molecule has 4 heterocycles. The number of thiazole rings is 1. The van der Waals surface area contributed by atoms with E-state index in [0.717, 1.165) is 36.8 Å². The second-order valence-corrected chi connectivity index (χ2v) is 7.60. The molecule has 2 saturated heterocycles. The van der Waals surface area contributed by atoms with E-state index in [2.05, 4.69) is 32.4 Å². The number of rotatable bonds is 5. The van der Waals surface area contributed by atoms with Crippen molar-refractivity contribution in [2.24, 2.45) is 0 Å². The number of pyridine rings is 1. The standard InChI is InChI=1S/C18H23N3O2S/c1-13-20-15(12-24-13)11-23-17-10-21(9-14-4-6-19-7-5-14)16-3-2-8-22-18(16)17/h4-7,12,16-18H,2-3,8-11H2,1H3/t16-,17+,18+/m0/s1. The van der Waals surface area contributed by atoms with Gasteiger partial charge in [0.25, 0.3) is 0 Å². The summed E-state index contributed by atoms with van der Waals surface area (Å²) in [5.74, 6) is 0. The summed E-state index contributed by atoms with van der Waals surface area (Å²) in [6, 6.07) is 4.63. The Balaban J connectivity index is 1.42. The Morgan fingerprint density at radius 3 is 3.04 bits per heavy atom. The Kier molecular flexibility index (Phi) is 4.89. The van der Waals surface area contributed by atoms with Gasteiger partial charge >= 0.3 is 0 Å². The molecule has 0 saturated carbocycles. The molecule has 2 aromatic rings. The zero-order chi connectivity index (χ0) is 16.4. The first kappa shape index (κ1) is 16.1. The van der Waals surface area contributed by atoms with E-state index in [1.54, 1.807) is 11.3 Å². The zero-order valence-electron chi connectivity index (χ0n) is 13.9. The van der Waals surface area contributed by atoms with E-state index in [4.69, 9.17) is 9.47 Å². The SMILES string of the molecule is Cc1nc(CO[C@@H]2CN(Cc3ccncc3)[C@H]3CCCO[C@@H]23)cs1. The lowest BCUT2D eigenvalue weighted by Crippen LogP contribution is -2.41. The molecule has 0 amide bonds. The summed E-state index contributed by atoms with van der Waals surface area (Å²) < 4.78 is 12.3. The number of nitrogens with zero attached hydrogens (tertiary/aromatic N) is 3. The highest BCUT2D eigenvalue weighted by atomic mass is 32.1. The molecule has 0 radical (unpaired) electrons. The molecule has 2 aliphatic heterocycles. The maximum absolute atomic E-state index is 6.20. The molecule has 0 spiro atoms. The number of ether oxygens (including phenoxy) is 2. The van der Waals surface area contributed by atoms with Crippen molar-refractivity contribution in [3.63, 3.8) is 0 Å². The van der Waals surface area contributed by atoms with Gasteiger partial charge in [0.1, 0.15) is 6.10 Å². The van der Waals surface area contributed by atoms with Crippen LogP contribution in [0.2, 0.25) is 0 Å². The van der Waals surface area contributed by atoms with Crippen LogP contribution in [0.5, 0.6) is 0 Å². The Morgan fingerprint density at radius 1 is 1.38 bits per heavy atom. The fraction of sp³-hybridized carbons (Fsp3) is 0.556. The quantitative estimate of drug-likeness (QED) is 0.834. The number of aryl methyl sites for hydroxylation is 1. The van der Waals surface area contributed by atoms with Crippen LogP contribution in [0.15, 0.2) is 29.9 Å². The Hall–Kier alpha value is -1.34. The normalized spacial score (nSPS) is 27.3. The second kappa shape index (κ2) is 7.27. The topological polar surface area (TPSA) is 47.5 Å². The largest absolute Gasteiger partial charge is 0.374 e. The summed E-state index contributed by atoms with van der Waals surface area (Å²) in [6.07, 6.45) is 6.34. The fourth-order valence-corrected chi connectivity index (χ4v) is 4.32. The minimum atomic E-state index is 0.124. The Labute approximate surface area is 146 Å². The Morgan fingerprint density at radius 2 is 2.25 bits per heavy atom. The maximum atomic E-state index is 6.20. The molecule has 3 atom stereocenters. The van der Waals surface area contributed by atoms with Gasteiger partial charge in [-0.05, 0) is 37.5 Å². The van der Waals surface area contributed by atoms with Crippen molar-refractivity contribution in [1.29, 1.82) is 0 Å². The van der Waals surface area contributed by atoms with Gasteiger partial charge in [-0.25, -0.2) is 4.98 Å². The van der Waals surface area contributed by atoms with Gasteiger partial charge in [-0.1, -0.05) is 0 Å². The summed E-state index contributed by atoms with van der Waals surface area (Å²) in [4.78, 5) is 11.1. The van der Waals surface area contributed by atoms with Crippen LogP contribution in [0.1, 0.15) is 29.1 Å². The van der Waals surface area contributed by atoms with Crippen molar-refractivity contribution in [2.75, 3.05) is 13.2 Å². The van der Waals surface area contributed by atoms with E-state index in [1.807, 2.05) is 19.3 Å². The van der Waals surface area contributed by atoms with Gasteiger partial charge in [-0.15, -0.1) is 11.3 Å². The predicted octanol–water partition coefficient (Wildman–Crippen LogP) is 2.80. The van der Waals surface area contributed by atoms with Crippen LogP contribution in [0.3, 0.4) is 0 Å². The van der Waals surface area contributed by atoms with Gasteiger partial charge in [-0.3, -0.25) is 9.88 Å². The van der Waals surface area contributed by atoms with Gasteiger partial charge in [0.05, 0.1) is 23.4 Å². The molecule has 0 N–H and O–H groups in total. The summed E-state index contributed by atoms with van der Waals surface area (Å²) in [5, 5.41) is 3.17. The Bertz CT molecular complexity index is 663. The van der Waals surface area contributed by atoms with Gasteiger partial charge in [0, 0.05) is 43.5 Å². The molecule has 6 heteroatoms. The first-order valence-corrected chi connectivity index (χ1v) is 9.45. The van der Waals surface area contributed by atoms with E-state index < -0.39 is 0 Å². The number of hydrogen-bond acceptors (Lipinski definition) is 6. The van der Waals surface area contributed by atoms with Gasteiger partial charge in [0.2, 0.25) is 0 Å². The molecular weight excluding hydrogens is 322 g/mol. The average molecular weight is 345 g/mol. The third-order valence-corrected chi connectivity index (χ3v) is 5.65. The van der Waals surface area contributed by atoms with Crippen molar-refractivity contribution in [3.05, 3.63) is 46.2 Å². The zero-order valence-corrected chi connectivity index (χ0v) is 14.7. The highest BCUT2D eigenvalue weighted by Crippen LogP contribution is 2.32. The molecule has 5 nitrogen and oxygen atoms in total.